The number of fused-ring (bicyclic) bond motifs is 1. The molecule has 1 atom stereocenters. The number of hydrogen-bond acceptors (Lipinski definition) is 2. The van der Waals surface area contributed by atoms with Crippen LogP contribution in [0, 0.1) is 6.92 Å². The van der Waals surface area contributed by atoms with E-state index in [2.05, 4.69) is 26.0 Å². The second-order valence-electron chi connectivity index (χ2n) is 3.93. The molecule has 1 unspecified atom stereocenters. The molecule has 2 rings (SSSR count). The van der Waals surface area contributed by atoms with Crippen LogP contribution in [0.5, 0.6) is 5.75 Å². The van der Waals surface area contributed by atoms with Gasteiger partial charge in [0.15, 0.2) is 0 Å². The summed E-state index contributed by atoms with van der Waals surface area (Å²) < 4.78 is 5.51. The molecule has 0 saturated heterocycles. The van der Waals surface area contributed by atoms with Gasteiger partial charge >= 0.3 is 0 Å². The monoisotopic (exact) mass is 191 g/mol. The van der Waals surface area contributed by atoms with Crippen LogP contribution < -0.4 is 10.5 Å². The van der Waals surface area contributed by atoms with Crippen LogP contribution >= 0.6 is 0 Å². The Morgan fingerprint density at radius 1 is 1.50 bits per heavy atom. The summed E-state index contributed by atoms with van der Waals surface area (Å²) in [6, 6.07) is 4.50. The number of aryl methyl sites for hydroxylation is 1. The molecule has 2 nitrogen and oxygen atoms in total. The Morgan fingerprint density at radius 3 is 3.00 bits per heavy atom. The number of benzene rings is 1. The SMILES string of the molecule is CCC(N)c1cc2c(cc1C)OCC2. The van der Waals surface area contributed by atoms with Crippen LogP contribution in [-0.2, 0) is 6.42 Å². The van der Waals surface area contributed by atoms with Crippen molar-refractivity contribution >= 4 is 0 Å². The standard InChI is InChI=1S/C12H17NO/c1-3-11(13)10-7-9-4-5-14-12(9)6-8(10)2/h6-7,11H,3-5,13H2,1-2H3. The van der Waals surface area contributed by atoms with Crippen LogP contribution in [0.2, 0.25) is 0 Å². The Bertz CT molecular complexity index is 346. The van der Waals surface area contributed by atoms with Gasteiger partial charge in [-0.05, 0) is 36.1 Å². The highest BCUT2D eigenvalue weighted by atomic mass is 16.5. The lowest BCUT2D eigenvalue weighted by molar-refractivity contribution is 0.356. The maximum absolute atomic E-state index is 6.05. The molecule has 1 aliphatic rings. The van der Waals surface area contributed by atoms with E-state index in [0.717, 1.165) is 25.2 Å². The van der Waals surface area contributed by atoms with Gasteiger partial charge in [-0.25, -0.2) is 0 Å². The lowest BCUT2D eigenvalue weighted by Gasteiger charge is -2.14. The summed E-state index contributed by atoms with van der Waals surface area (Å²) in [5.74, 6) is 1.05. The van der Waals surface area contributed by atoms with Gasteiger partial charge < -0.3 is 10.5 Å². The van der Waals surface area contributed by atoms with Crippen molar-refractivity contribution in [3.8, 4) is 5.75 Å². The average molecular weight is 191 g/mol. The second-order valence-corrected chi connectivity index (χ2v) is 3.93. The molecule has 0 saturated carbocycles. The fourth-order valence-electron chi connectivity index (χ4n) is 1.97. The van der Waals surface area contributed by atoms with Crippen molar-refractivity contribution < 1.29 is 4.74 Å². The van der Waals surface area contributed by atoms with E-state index in [1.54, 1.807) is 0 Å². The van der Waals surface area contributed by atoms with Crippen LogP contribution in [0.4, 0.5) is 0 Å². The molecule has 1 aliphatic heterocycles. The van der Waals surface area contributed by atoms with E-state index < -0.39 is 0 Å². The molecular formula is C12H17NO. The molecule has 0 bridgehead atoms. The highest BCUT2D eigenvalue weighted by molar-refractivity contribution is 5.45. The topological polar surface area (TPSA) is 35.2 Å². The Balaban J connectivity index is 2.42. The van der Waals surface area contributed by atoms with Gasteiger partial charge in [0.1, 0.15) is 5.75 Å². The first kappa shape index (κ1) is 9.53. The van der Waals surface area contributed by atoms with Gasteiger partial charge in [-0.3, -0.25) is 0 Å². The van der Waals surface area contributed by atoms with Gasteiger partial charge in [-0.15, -0.1) is 0 Å². The Kier molecular flexibility index (Phi) is 2.46. The molecule has 14 heavy (non-hydrogen) atoms. The minimum Gasteiger partial charge on any atom is -0.493 e. The third-order valence-corrected chi connectivity index (χ3v) is 2.92. The van der Waals surface area contributed by atoms with Gasteiger partial charge in [0.25, 0.3) is 0 Å². The molecule has 0 amide bonds. The van der Waals surface area contributed by atoms with Gasteiger partial charge in [0.05, 0.1) is 6.61 Å². The molecule has 76 valence electrons. The average Bonchev–Trinajstić information content (AvgIpc) is 2.62. The fourth-order valence-corrected chi connectivity index (χ4v) is 1.97. The van der Waals surface area contributed by atoms with E-state index in [0.29, 0.717) is 0 Å². The van der Waals surface area contributed by atoms with E-state index in [1.165, 1.54) is 16.7 Å². The molecule has 0 aliphatic carbocycles. The Hall–Kier alpha value is -1.02. The Labute approximate surface area is 85.1 Å². The van der Waals surface area contributed by atoms with Crippen LogP contribution in [-0.4, -0.2) is 6.61 Å². The van der Waals surface area contributed by atoms with E-state index in [1.807, 2.05) is 0 Å². The van der Waals surface area contributed by atoms with E-state index in [-0.39, 0.29) is 6.04 Å². The maximum Gasteiger partial charge on any atom is 0.122 e. The maximum atomic E-state index is 6.05. The van der Waals surface area contributed by atoms with E-state index in [9.17, 15) is 0 Å². The predicted octanol–water partition coefficient (Wildman–Crippen LogP) is 2.34. The van der Waals surface area contributed by atoms with Crippen LogP contribution in [0.1, 0.15) is 36.1 Å². The first-order valence-electron chi connectivity index (χ1n) is 5.24. The highest BCUT2D eigenvalue weighted by Crippen LogP contribution is 2.31. The van der Waals surface area contributed by atoms with Crippen LogP contribution in [0.25, 0.3) is 0 Å². The molecule has 2 N–H and O–H groups in total. The third-order valence-electron chi connectivity index (χ3n) is 2.92. The largest absolute Gasteiger partial charge is 0.493 e. The Morgan fingerprint density at radius 2 is 2.29 bits per heavy atom. The lowest BCUT2D eigenvalue weighted by atomic mass is 9.96. The first-order chi connectivity index (χ1) is 6.72. The molecule has 0 fully saturated rings. The van der Waals surface area contributed by atoms with Crippen LogP contribution in [0.15, 0.2) is 12.1 Å². The van der Waals surface area contributed by atoms with Crippen molar-refractivity contribution in [1.82, 2.24) is 0 Å². The molecular weight excluding hydrogens is 174 g/mol. The summed E-state index contributed by atoms with van der Waals surface area (Å²) in [7, 11) is 0. The number of rotatable bonds is 2. The smallest absolute Gasteiger partial charge is 0.122 e. The lowest BCUT2D eigenvalue weighted by Crippen LogP contribution is -2.10. The number of hydrogen-bond donors (Lipinski definition) is 1. The summed E-state index contributed by atoms with van der Waals surface area (Å²) in [4.78, 5) is 0. The van der Waals surface area contributed by atoms with Gasteiger partial charge in [0, 0.05) is 12.5 Å². The van der Waals surface area contributed by atoms with Gasteiger partial charge in [-0.1, -0.05) is 13.0 Å². The number of nitrogens with two attached hydrogens (primary N) is 1. The summed E-state index contributed by atoms with van der Waals surface area (Å²) in [5, 5.41) is 0. The first-order valence-corrected chi connectivity index (χ1v) is 5.24. The number of ether oxygens (including phenoxy) is 1. The summed E-state index contributed by atoms with van der Waals surface area (Å²) in [6.45, 7) is 5.04. The minimum atomic E-state index is 0.167. The quantitative estimate of drug-likeness (QED) is 0.778. The van der Waals surface area contributed by atoms with Crippen LogP contribution in [0.3, 0.4) is 0 Å². The molecule has 1 heterocycles. The zero-order valence-electron chi connectivity index (χ0n) is 8.84. The minimum absolute atomic E-state index is 0.167. The summed E-state index contributed by atoms with van der Waals surface area (Å²) in [6.07, 6.45) is 2.01. The molecule has 1 aromatic carbocycles. The van der Waals surface area contributed by atoms with Gasteiger partial charge in [-0.2, -0.15) is 0 Å². The highest BCUT2D eigenvalue weighted by Gasteiger charge is 2.16. The van der Waals surface area contributed by atoms with Gasteiger partial charge in [0.2, 0.25) is 0 Å². The summed E-state index contributed by atoms with van der Waals surface area (Å²) >= 11 is 0. The molecule has 0 spiro atoms. The normalized spacial score (nSPS) is 16.2. The predicted molar refractivity (Wildman–Crippen MR) is 57.6 cm³/mol. The molecule has 2 heteroatoms. The van der Waals surface area contributed by atoms with E-state index in [4.69, 9.17) is 10.5 Å². The molecule has 0 aromatic heterocycles. The zero-order chi connectivity index (χ0) is 10.1. The van der Waals surface area contributed by atoms with E-state index >= 15 is 0 Å². The molecule has 1 aromatic rings. The zero-order valence-corrected chi connectivity index (χ0v) is 8.84. The van der Waals surface area contributed by atoms with Crippen molar-refractivity contribution in [2.75, 3.05) is 6.61 Å². The van der Waals surface area contributed by atoms with Crippen molar-refractivity contribution in [2.24, 2.45) is 5.73 Å². The molecule has 0 radical (unpaired) electrons. The second kappa shape index (κ2) is 3.62. The van der Waals surface area contributed by atoms with Crippen molar-refractivity contribution in [3.63, 3.8) is 0 Å². The summed E-state index contributed by atoms with van der Waals surface area (Å²) in [5.41, 5.74) is 9.89. The third kappa shape index (κ3) is 1.50. The fraction of sp³-hybridized carbons (Fsp3) is 0.500. The van der Waals surface area contributed by atoms with Crippen molar-refractivity contribution in [3.05, 3.63) is 28.8 Å². The van der Waals surface area contributed by atoms with Crippen molar-refractivity contribution in [2.45, 2.75) is 32.7 Å². The van der Waals surface area contributed by atoms with Crippen molar-refractivity contribution in [1.29, 1.82) is 0 Å².